The Labute approximate surface area is 424 Å². The quantitative estimate of drug-likeness (QED) is 0.0757. The molecule has 7 N–H and O–H groups in total. The van der Waals surface area contributed by atoms with Crippen molar-refractivity contribution in [1.29, 1.82) is 0 Å². The van der Waals surface area contributed by atoms with Gasteiger partial charge in [0, 0.05) is 17.3 Å². The highest BCUT2D eigenvalue weighted by atomic mass is 16.5. The molecule has 72 heavy (non-hydrogen) atoms. The molecule has 0 radical (unpaired) electrons. The van der Waals surface area contributed by atoms with Crippen LogP contribution in [0, 0.1) is 28.6 Å². The van der Waals surface area contributed by atoms with Crippen molar-refractivity contribution in [2.45, 2.75) is 142 Å². The van der Waals surface area contributed by atoms with Crippen LogP contribution in [0.25, 0.3) is 11.1 Å². The Hall–Kier alpha value is -6.34. The van der Waals surface area contributed by atoms with E-state index in [1.54, 1.807) is 6.92 Å². The van der Waals surface area contributed by atoms with Gasteiger partial charge in [-0.2, -0.15) is 0 Å². The molecule has 380 valence electrons. The van der Waals surface area contributed by atoms with E-state index in [0.717, 1.165) is 84.7 Å². The van der Waals surface area contributed by atoms with Crippen molar-refractivity contribution >= 4 is 47.0 Å². The lowest BCUT2D eigenvalue weighted by atomic mass is 9.49. The van der Waals surface area contributed by atoms with Gasteiger partial charge in [-0.05, 0) is 156 Å². The van der Waals surface area contributed by atoms with Crippen LogP contribution in [-0.4, -0.2) is 60.9 Å². The molecule has 0 unspecified atom stereocenters. The third-order valence-electron chi connectivity index (χ3n) is 18.0. The second kappa shape index (κ2) is 19.6. The number of hydrogen-bond donors (Lipinski definition) is 6. The Morgan fingerprint density at radius 3 is 1.67 bits per heavy atom. The summed E-state index contributed by atoms with van der Waals surface area (Å²) >= 11 is 0. The van der Waals surface area contributed by atoms with Crippen molar-refractivity contribution in [1.82, 2.24) is 16.0 Å². The smallest absolute Gasteiger partial charge is 0.407 e. The van der Waals surface area contributed by atoms with Crippen LogP contribution in [-0.2, 0) is 52.4 Å². The van der Waals surface area contributed by atoms with E-state index >= 15 is 0 Å². The van der Waals surface area contributed by atoms with E-state index in [2.05, 4.69) is 76.8 Å². The first-order valence-corrected chi connectivity index (χ1v) is 26.1. The number of amides is 6. The first-order valence-electron chi connectivity index (χ1n) is 26.1. The van der Waals surface area contributed by atoms with Gasteiger partial charge in [0.2, 0.25) is 29.5 Å². The summed E-state index contributed by atoms with van der Waals surface area (Å²) in [6, 6.07) is 26.7. The van der Waals surface area contributed by atoms with Crippen molar-refractivity contribution in [2.24, 2.45) is 34.3 Å². The maximum absolute atomic E-state index is 14.9. The van der Waals surface area contributed by atoms with E-state index in [9.17, 15) is 28.8 Å². The Morgan fingerprint density at radius 1 is 0.653 bits per heavy atom. The van der Waals surface area contributed by atoms with Crippen molar-refractivity contribution in [3.8, 4) is 11.1 Å². The minimum atomic E-state index is -0.816. The number of alkyl carbamates (subject to hydrolysis) is 1. The summed E-state index contributed by atoms with van der Waals surface area (Å²) in [7, 11) is 0. The predicted molar refractivity (Wildman–Crippen MR) is 279 cm³/mol. The van der Waals surface area contributed by atoms with Gasteiger partial charge in [-0.15, -0.1) is 0 Å². The number of hydrogen-bond acceptors (Lipinski definition) is 8. The van der Waals surface area contributed by atoms with Gasteiger partial charge < -0.3 is 31.7 Å². The molecule has 0 bridgehead atoms. The highest BCUT2D eigenvalue weighted by Crippen LogP contribution is 2.60. The lowest BCUT2D eigenvalue weighted by molar-refractivity contribution is -0.150. The molecule has 2 saturated carbocycles. The molecule has 6 amide bonds. The number of rotatable bonds is 12. The first kappa shape index (κ1) is 50.6. The largest absolute Gasteiger partial charge is 0.449 e. The molecule has 0 spiro atoms. The average Bonchev–Trinajstić information content (AvgIpc) is 3.68. The van der Waals surface area contributed by atoms with Gasteiger partial charge in [0.05, 0.1) is 16.9 Å². The molecule has 5 aliphatic rings. The van der Waals surface area contributed by atoms with E-state index in [0.29, 0.717) is 24.2 Å². The Balaban J connectivity index is 0.834. The molecular weight excluding hydrogens is 905 g/mol. The Morgan fingerprint density at radius 2 is 1.15 bits per heavy atom. The molecule has 8 atom stereocenters. The number of benzene rings is 4. The van der Waals surface area contributed by atoms with Gasteiger partial charge >= 0.3 is 6.09 Å². The Kier molecular flexibility index (Phi) is 13.8. The molecule has 0 saturated heterocycles. The standard InChI is InChI=1S/C59H72N6O7/c1-34(2)50(60)52(68)62-35(3)51(67)64-39-23-19-37-21-25-48-57(5,46(37)31-39)27-13-29-59(48,7)54(70)65-53(69)58(6)28-12-26-56(4)45-30-38(22-18-36(45)20-24-47(56)58)63-49(66)32-61-55(71)72-33-44-42-16-10-8-14-40(42)41-15-9-11-17-43(41)44/h8-11,14-19,22-23,30-31,34-35,44,47-48,50H,12-13,20-21,24-29,32-33,60H2,1-7H3,(H,61,71)(H,62,68)(H,63,66)(H,64,67)(H,65,69,70)/t35-,47+,48+,50-,56+,57+,58-,59-/m0/s1. The zero-order chi connectivity index (χ0) is 51.3. The summed E-state index contributed by atoms with van der Waals surface area (Å²) in [6.45, 7) is 13.8. The monoisotopic (exact) mass is 977 g/mol. The van der Waals surface area contributed by atoms with Gasteiger partial charge in [-0.25, -0.2) is 4.79 Å². The van der Waals surface area contributed by atoms with E-state index in [-0.39, 0.29) is 77.2 Å². The number of carbonyl (C=O) groups excluding carboxylic acids is 6. The van der Waals surface area contributed by atoms with E-state index < -0.39 is 29.0 Å². The van der Waals surface area contributed by atoms with Gasteiger partial charge in [0.15, 0.2) is 0 Å². The number of fused-ring (bicyclic) bond motifs is 9. The predicted octanol–water partition coefficient (Wildman–Crippen LogP) is 8.95. The second-order valence-corrected chi connectivity index (χ2v) is 22.8. The maximum atomic E-state index is 14.9. The molecule has 2 fully saturated rings. The Bertz CT molecular complexity index is 2780. The van der Waals surface area contributed by atoms with Gasteiger partial charge in [-0.3, -0.25) is 29.3 Å². The fraction of sp³-hybridized carbons (Fsp3) is 0.492. The number of imide groups is 1. The molecule has 0 heterocycles. The molecule has 13 nitrogen and oxygen atoms in total. The van der Waals surface area contributed by atoms with Crippen molar-refractivity contribution < 1.29 is 33.5 Å². The molecule has 13 heteroatoms. The highest BCUT2D eigenvalue weighted by Gasteiger charge is 2.58. The highest BCUT2D eigenvalue weighted by molar-refractivity contribution is 6.01. The molecule has 9 rings (SSSR count). The van der Waals surface area contributed by atoms with Crippen LogP contribution in [0.15, 0.2) is 84.9 Å². The summed E-state index contributed by atoms with van der Waals surface area (Å²) in [5.74, 6) is -1.80. The second-order valence-electron chi connectivity index (χ2n) is 22.8. The van der Waals surface area contributed by atoms with Crippen LogP contribution in [0.5, 0.6) is 0 Å². The van der Waals surface area contributed by atoms with Crippen LogP contribution < -0.4 is 32.3 Å². The molecule has 0 aromatic heterocycles. The summed E-state index contributed by atoms with van der Waals surface area (Å²) in [5, 5.41) is 14.4. The third kappa shape index (κ3) is 9.11. The van der Waals surface area contributed by atoms with E-state index in [4.69, 9.17) is 10.5 Å². The zero-order valence-corrected chi connectivity index (χ0v) is 43.0. The number of nitrogens with two attached hydrogens (primary N) is 1. The number of nitrogens with one attached hydrogen (secondary N) is 5. The third-order valence-corrected chi connectivity index (χ3v) is 18.0. The summed E-state index contributed by atoms with van der Waals surface area (Å²) in [6.07, 6.45) is 7.12. The molecular formula is C59H72N6O7. The normalized spacial score (nSPS) is 26.7. The van der Waals surface area contributed by atoms with Crippen LogP contribution in [0.2, 0.25) is 0 Å². The minimum absolute atomic E-state index is 0.0468. The zero-order valence-electron chi connectivity index (χ0n) is 43.0. The summed E-state index contributed by atoms with van der Waals surface area (Å²) in [4.78, 5) is 81.8. The number of carbonyl (C=O) groups is 6. The maximum Gasteiger partial charge on any atom is 0.407 e. The first-order chi connectivity index (χ1) is 34.3. The van der Waals surface area contributed by atoms with Crippen LogP contribution in [0.3, 0.4) is 0 Å². The van der Waals surface area contributed by atoms with E-state index in [1.807, 2.05) is 76.2 Å². The van der Waals surface area contributed by atoms with Gasteiger partial charge in [0.25, 0.3) is 0 Å². The lowest BCUT2D eigenvalue weighted by Gasteiger charge is -2.56. The van der Waals surface area contributed by atoms with Crippen molar-refractivity contribution in [3.63, 3.8) is 0 Å². The number of ether oxygens (including phenoxy) is 1. The fourth-order valence-corrected chi connectivity index (χ4v) is 13.9. The van der Waals surface area contributed by atoms with Crippen LogP contribution in [0.4, 0.5) is 16.2 Å². The SMILES string of the molecule is CC(C)[C@H](N)C(=O)N[C@@H](C)C(=O)Nc1ccc2c(c1)[C@@]1(C)CCC[C@](C)(C(=O)NC(=O)[C@@]3(C)CCC[C@]4(C)c5cc(NC(=O)CNC(=O)OCC6c7ccccc7-c7ccccc76)ccc5CC[C@@H]34)[C@@H]1CC2. The summed E-state index contributed by atoms with van der Waals surface area (Å²) in [5.41, 5.74) is 14.0. The van der Waals surface area contributed by atoms with Gasteiger partial charge in [-0.1, -0.05) is 115 Å². The topological polar surface area (TPSA) is 198 Å². The molecule has 4 aromatic carbocycles. The molecule has 4 aromatic rings. The number of anilines is 2. The number of aryl methyl sites for hydroxylation is 2. The minimum Gasteiger partial charge on any atom is -0.449 e. The fourth-order valence-electron chi connectivity index (χ4n) is 13.9. The van der Waals surface area contributed by atoms with Crippen LogP contribution in [0.1, 0.15) is 139 Å². The summed E-state index contributed by atoms with van der Waals surface area (Å²) < 4.78 is 5.66. The van der Waals surface area contributed by atoms with Crippen molar-refractivity contribution in [2.75, 3.05) is 23.8 Å². The van der Waals surface area contributed by atoms with E-state index in [1.165, 1.54) is 11.1 Å². The lowest BCUT2D eigenvalue weighted by Crippen LogP contribution is -2.60. The molecule has 5 aliphatic carbocycles. The van der Waals surface area contributed by atoms with Crippen LogP contribution >= 0.6 is 0 Å². The van der Waals surface area contributed by atoms with Crippen molar-refractivity contribution in [3.05, 3.63) is 118 Å². The molecule has 0 aliphatic heterocycles. The van der Waals surface area contributed by atoms with Gasteiger partial charge in [0.1, 0.15) is 19.2 Å². The average molecular weight is 977 g/mol.